The van der Waals surface area contributed by atoms with Gasteiger partial charge in [0.15, 0.2) is 0 Å². The molecule has 0 aliphatic carbocycles. The Kier molecular flexibility index (Phi) is 3.22. The number of pyridine rings is 1. The summed E-state index contributed by atoms with van der Waals surface area (Å²) in [6.07, 6.45) is 0.350. The molecule has 0 saturated heterocycles. The summed E-state index contributed by atoms with van der Waals surface area (Å²) in [5.41, 5.74) is 4.24. The van der Waals surface area contributed by atoms with Crippen molar-refractivity contribution in [1.29, 1.82) is 0 Å². The lowest BCUT2D eigenvalue weighted by molar-refractivity contribution is -0.110. The topological polar surface area (TPSA) is 71.1 Å². The highest BCUT2D eigenvalue weighted by Gasteiger charge is 2.05. The molecule has 2 amide bonds. The van der Waals surface area contributed by atoms with E-state index in [0.717, 1.165) is 0 Å². The van der Waals surface area contributed by atoms with Crippen LogP contribution in [0.5, 0.6) is 0 Å². The Morgan fingerprint density at radius 1 is 1.54 bits per heavy atom. The predicted molar refractivity (Wildman–Crippen MR) is 45.9 cm³/mol. The van der Waals surface area contributed by atoms with Gasteiger partial charge in [-0.2, -0.15) is 0 Å². The highest BCUT2D eigenvalue weighted by molar-refractivity contribution is 6.29. The number of hydrogen-bond donors (Lipinski definition) is 2. The zero-order valence-corrected chi connectivity index (χ0v) is 7.21. The van der Waals surface area contributed by atoms with E-state index in [1.54, 1.807) is 12.1 Å². The maximum Gasteiger partial charge on any atom is 0.288 e. The minimum atomic E-state index is -0.519. The molecule has 0 fully saturated rings. The molecule has 1 aromatic rings. The molecule has 1 aromatic heterocycles. The summed E-state index contributed by atoms with van der Waals surface area (Å²) in [6, 6.07) is 4.62. The van der Waals surface area contributed by atoms with Crippen molar-refractivity contribution < 1.29 is 9.59 Å². The highest BCUT2D eigenvalue weighted by atomic mass is 35.5. The Labute approximate surface area is 79.1 Å². The van der Waals surface area contributed by atoms with Gasteiger partial charge in [-0.3, -0.25) is 20.4 Å². The molecule has 13 heavy (non-hydrogen) atoms. The summed E-state index contributed by atoms with van der Waals surface area (Å²) in [5.74, 6) is -0.519. The molecule has 0 spiro atoms. The second kappa shape index (κ2) is 4.42. The van der Waals surface area contributed by atoms with Crippen molar-refractivity contribution in [3.63, 3.8) is 0 Å². The largest absolute Gasteiger partial charge is 0.288 e. The van der Waals surface area contributed by atoms with E-state index in [1.807, 2.05) is 5.43 Å². The maximum atomic E-state index is 11.1. The number of nitrogens with zero attached hydrogens (tertiary/aromatic N) is 1. The number of carbonyl (C=O) groups is 2. The summed E-state index contributed by atoms with van der Waals surface area (Å²) in [4.78, 5) is 24.7. The first-order chi connectivity index (χ1) is 6.24. The number of halogens is 1. The molecule has 0 atom stereocenters. The molecule has 5 nitrogen and oxygen atoms in total. The zero-order chi connectivity index (χ0) is 9.68. The second-order valence-corrected chi connectivity index (χ2v) is 2.45. The molecule has 68 valence electrons. The van der Waals surface area contributed by atoms with Crippen LogP contribution in [0.3, 0.4) is 0 Å². The number of amides is 2. The normalized spacial score (nSPS) is 9.00. The van der Waals surface area contributed by atoms with Crippen molar-refractivity contribution in [1.82, 2.24) is 15.8 Å². The van der Waals surface area contributed by atoms with Crippen molar-refractivity contribution in [3.05, 3.63) is 29.0 Å². The van der Waals surface area contributed by atoms with Crippen LogP contribution in [0.4, 0.5) is 0 Å². The summed E-state index contributed by atoms with van der Waals surface area (Å²) < 4.78 is 0. The van der Waals surface area contributed by atoms with E-state index < -0.39 is 5.91 Å². The van der Waals surface area contributed by atoms with E-state index in [9.17, 15) is 9.59 Å². The van der Waals surface area contributed by atoms with Gasteiger partial charge < -0.3 is 0 Å². The molecule has 2 N–H and O–H groups in total. The van der Waals surface area contributed by atoms with Gasteiger partial charge in [-0.1, -0.05) is 17.7 Å². The van der Waals surface area contributed by atoms with E-state index in [0.29, 0.717) is 6.41 Å². The Morgan fingerprint density at radius 3 is 2.92 bits per heavy atom. The lowest BCUT2D eigenvalue weighted by atomic mass is 10.3. The molecule has 0 saturated carbocycles. The van der Waals surface area contributed by atoms with Gasteiger partial charge in [-0.05, 0) is 12.1 Å². The Bertz CT molecular complexity index is 329. The first-order valence-corrected chi connectivity index (χ1v) is 3.74. The molecule has 0 unspecified atom stereocenters. The fourth-order valence-corrected chi connectivity index (χ4v) is 0.858. The minimum absolute atomic E-state index is 0.141. The van der Waals surface area contributed by atoms with Crippen molar-refractivity contribution in [2.75, 3.05) is 0 Å². The van der Waals surface area contributed by atoms with E-state index in [-0.39, 0.29) is 10.8 Å². The Morgan fingerprint density at radius 2 is 2.31 bits per heavy atom. The van der Waals surface area contributed by atoms with Gasteiger partial charge in [0, 0.05) is 0 Å². The van der Waals surface area contributed by atoms with Crippen molar-refractivity contribution >= 4 is 23.9 Å². The fourth-order valence-electron chi connectivity index (χ4n) is 0.694. The summed E-state index contributed by atoms with van der Waals surface area (Å²) in [6.45, 7) is 0. The fraction of sp³-hybridized carbons (Fsp3) is 0. The molecule has 6 heteroatoms. The van der Waals surface area contributed by atoms with Gasteiger partial charge in [0.05, 0.1) is 0 Å². The lowest BCUT2D eigenvalue weighted by Gasteiger charge is -2.01. The van der Waals surface area contributed by atoms with Crippen LogP contribution in [0.15, 0.2) is 18.2 Å². The van der Waals surface area contributed by atoms with Gasteiger partial charge in [-0.15, -0.1) is 0 Å². The summed E-state index contributed by atoms with van der Waals surface area (Å²) in [7, 11) is 0. The van der Waals surface area contributed by atoms with Crippen molar-refractivity contribution in [2.24, 2.45) is 0 Å². The monoisotopic (exact) mass is 199 g/mol. The number of aromatic nitrogens is 1. The first-order valence-electron chi connectivity index (χ1n) is 3.36. The Hall–Kier alpha value is -1.62. The molecule has 0 aromatic carbocycles. The molecule has 0 radical (unpaired) electrons. The molecular weight excluding hydrogens is 194 g/mol. The van der Waals surface area contributed by atoms with Gasteiger partial charge >= 0.3 is 0 Å². The molecule has 0 bridgehead atoms. The molecule has 0 aliphatic heterocycles. The van der Waals surface area contributed by atoms with E-state index in [2.05, 4.69) is 10.4 Å². The number of hydrazine groups is 1. The quantitative estimate of drug-likeness (QED) is 0.413. The van der Waals surface area contributed by atoms with Crippen LogP contribution in [0.1, 0.15) is 10.5 Å². The van der Waals surface area contributed by atoms with Crippen LogP contribution in [-0.4, -0.2) is 17.3 Å². The molecule has 0 aliphatic rings. The van der Waals surface area contributed by atoms with Crippen LogP contribution in [0, 0.1) is 0 Å². The molecule has 1 heterocycles. The standard InChI is InChI=1S/C7H6ClN3O2/c8-6-3-1-2-5(10-6)7(13)11-9-4-12/h1-4H,(H,9,12)(H,11,13). The first kappa shape index (κ1) is 9.47. The van der Waals surface area contributed by atoms with Gasteiger partial charge in [0.25, 0.3) is 5.91 Å². The number of carbonyl (C=O) groups excluding carboxylic acids is 2. The SMILES string of the molecule is O=CNNC(=O)c1cccc(Cl)n1. The Balaban J connectivity index is 2.71. The highest BCUT2D eigenvalue weighted by Crippen LogP contribution is 2.04. The number of rotatable bonds is 3. The predicted octanol–water partition coefficient (Wildman–Crippen LogP) is 0.126. The van der Waals surface area contributed by atoms with E-state index in [1.165, 1.54) is 6.07 Å². The zero-order valence-electron chi connectivity index (χ0n) is 6.45. The lowest BCUT2D eigenvalue weighted by Crippen LogP contribution is -2.36. The minimum Gasteiger partial charge on any atom is -0.277 e. The van der Waals surface area contributed by atoms with Crippen LogP contribution in [0.25, 0.3) is 0 Å². The smallest absolute Gasteiger partial charge is 0.277 e. The van der Waals surface area contributed by atoms with Crippen LogP contribution in [-0.2, 0) is 4.79 Å². The van der Waals surface area contributed by atoms with E-state index >= 15 is 0 Å². The van der Waals surface area contributed by atoms with Crippen LogP contribution < -0.4 is 10.9 Å². The molecular formula is C7H6ClN3O2. The van der Waals surface area contributed by atoms with Crippen molar-refractivity contribution in [3.8, 4) is 0 Å². The summed E-state index contributed by atoms with van der Waals surface area (Å²) in [5, 5.41) is 0.221. The third-order valence-electron chi connectivity index (χ3n) is 1.19. The van der Waals surface area contributed by atoms with Crippen LogP contribution >= 0.6 is 11.6 Å². The second-order valence-electron chi connectivity index (χ2n) is 2.06. The number of hydrogen-bond acceptors (Lipinski definition) is 3. The maximum absolute atomic E-state index is 11.1. The summed E-state index contributed by atoms with van der Waals surface area (Å²) >= 11 is 5.54. The number of nitrogens with one attached hydrogen (secondary N) is 2. The van der Waals surface area contributed by atoms with Crippen molar-refractivity contribution in [2.45, 2.75) is 0 Å². The average Bonchev–Trinajstić information content (AvgIpc) is 2.14. The van der Waals surface area contributed by atoms with E-state index in [4.69, 9.17) is 11.6 Å². The third kappa shape index (κ3) is 2.72. The van der Waals surface area contributed by atoms with Gasteiger partial charge in [0.1, 0.15) is 10.8 Å². The van der Waals surface area contributed by atoms with Crippen LogP contribution in [0.2, 0.25) is 5.15 Å². The van der Waals surface area contributed by atoms with Gasteiger partial charge in [0.2, 0.25) is 6.41 Å². The molecule has 1 rings (SSSR count). The third-order valence-corrected chi connectivity index (χ3v) is 1.40. The average molecular weight is 200 g/mol. The van der Waals surface area contributed by atoms with Gasteiger partial charge in [-0.25, -0.2) is 4.98 Å².